The Morgan fingerprint density at radius 1 is 1.00 bits per heavy atom. The molecule has 1 unspecified atom stereocenters. The van der Waals surface area contributed by atoms with Gasteiger partial charge in [-0.25, -0.2) is 4.98 Å². The van der Waals surface area contributed by atoms with Crippen LogP contribution in [0.5, 0.6) is 0 Å². The smallest absolute Gasteiger partial charge is 0.149 e. The normalized spacial score (nSPS) is 12.0. The zero-order chi connectivity index (χ0) is 14.9. The molecule has 1 aromatic heterocycles. The zero-order valence-electron chi connectivity index (χ0n) is 10.3. The third-order valence-corrected chi connectivity index (χ3v) is 4.37. The van der Waals surface area contributed by atoms with Crippen LogP contribution in [-0.4, -0.2) is 4.98 Å². The van der Waals surface area contributed by atoms with Crippen molar-refractivity contribution in [2.75, 3.05) is 0 Å². The van der Waals surface area contributed by atoms with E-state index in [9.17, 15) is 5.26 Å². The second-order valence-corrected chi connectivity index (χ2v) is 5.68. The molecule has 6 heteroatoms. The van der Waals surface area contributed by atoms with Gasteiger partial charge in [-0.2, -0.15) is 5.26 Å². The standard InChI is InChI=1S/C14H8Cl4N2/c1-7-2-4-8(5-3-7)9(6-19)10-11(15)13(17)20-14(18)12(10)16/h2-5,9H,1H3. The Hall–Kier alpha value is -0.980. The van der Waals surface area contributed by atoms with Gasteiger partial charge >= 0.3 is 0 Å². The Labute approximate surface area is 136 Å². The molecule has 1 atom stereocenters. The van der Waals surface area contributed by atoms with Gasteiger partial charge in [-0.05, 0) is 12.5 Å². The summed E-state index contributed by atoms with van der Waals surface area (Å²) in [5.41, 5.74) is 2.23. The van der Waals surface area contributed by atoms with Crippen LogP contribution in [0, 0.1) is 18.3 Å². The van der Waals surface area contributed by atoms with Gasteiger partial charge in [-0.3, -0.25) is 0 Å². The van der Waals surface area contributed by atoms with E-state index in [1.54, 1.807) is 0 Å². The molecule has 0 spiro atoms. The summed E-state index contributed by atoms with van der Waals surface area (Å²) in [7, 11) is 0. The summed E-state index contributed by atoms with van der Waals surface area (Å²) in [6.07, 6.45) is 0. The number of hydrogen-bond acceptors (Lipinski definition) is 2. The maximum Gasteiger partial charge on any atom is 0.149 e. The summed E-state index contributed by atoms with van der Waals surface area (Å²) in [6.45, 7) is 1.96. The fourth-order valence-electron chi connectivity index (χ4n) is 1.82. The Balaban J connectivity index is 2.64. The molecule has 1 aromatic carbocycles. The SMILES string of the molecule is Cc1ccc(C(C#N)c2c(Cl)c(Cl)nc(Cl)c2Cl)cc1. The summed E-state index contributed by atoms with van der Waals surface area (Å²) >= 11 is 24.1. The molecule has 1 heterocycles. The molecule has 102 valence electrons. The van der Waals surface area contributed by atoms with Crippen LogP contribution >= 0.6 is 46.4 Å². The minimum absolute atomic E-state index is 0.0310. The Kier molecular flexibility index (Phi) is 4.78. The summed E-state index contributed by atoms with van der Waals surface area (Å²) in [4.78, 5) is 3.82. The van der Waals surface area contributed by atoms with E-state index in [2.05, 4.69) is 11.1 Å². The molecule has 0 aliphatic heterocycles. The number of rotatable bonds is 2. The van der Waals surface area contributed by atoms with Gasteiger partial charge < -0.3 is 0 Å². The first-order chi connectivity index (χ1) is 9.45. The fraction of sp³-hybridized carbons (Fsp3) is 0.143. The maximum atomic E-state index is 9.46. The van der Waals surface area contributed by atoms with Gasteiger partial charge in [-0.1, -0.05) is 76.2 Å². The molecular formula is C14H8Cl4N2. The average Bonchev–Trinajstić information content (AvgIpc) is 2.43. The first-order valence-corrected chi connectivity index (χ1v) is 7.13. The topological polar surface area (TPSA) is 36.7 Å². The highest BCUT2D eigenvalue weighted by atomic mass is 35.5. The number of pyridine rings is 1. The van der Waals surface area contributed by atoms with Crippen molar-refractivity contribution in [2.45, 2.75) is 12.8 Å². The highest BCUT2D eigenvalue weighted by Gasteiger charge is 2.24. The fourth-order valence-corrected chi connectivity index (χ4v) is 2.78. The summed E-state index contributed by atoms with van der Waals surface area (Å²) in [5.74, 6) is -0.659. The first-order valence-electron chi connectivity index (χ1n) is 5.61. The maximum absolute atomic E-state index is 9.46. The van der Waals surface area contributed by atoms with Crippen molar-refractivity contribution in [3.05, 3.63) is 61.3 Å². The predicted molar refractivity (Wildman–Crippen MR) is 82.9 cm³/mol. The molecule has 0 bridgehead atoms. The molecule has 0 aliphatic rings. The summed E-state index contributed by atoms with van der Waals surface area (Å²) in [6, 6.07) is 9.68. The highest BCUT2D eigenvalue weighted by Crippen LogP contribution is 2.41. The Morgan fingerprint density at radius 2 is 1.50 bits per heavy atom. The number of aryl methyl sites for hydroxylation is 1. The number of hydrogen-bond donors (Lipinski definition) is 0. The van der Waals surface area contributed by atoms with Crippen LogP contribution in [0.25, 0.3) is 0 Å². The molecule has 0 fully saturated rings. The van der Waals surface area contributed by atoms with E-state index in [-0.39, 0.29) is 20.4 Å². The van der Waals surface area contributed by atoms with E-state index in [4.69, 9.17) is 46.4 Å². The van der Waals surface area contributed by atoms with Gasteiger partial charge in [0, 0.05) is 5.56 Å². The minimum Gasteiger partial charge on any atom is -0.221 e. The number of halogens is 4. The van der Waals surface area contributed by atoms with Crippen LogP contribution in [0.3, 0.4) is 0 Å². The molecule has 2 nitrogen and oxygen atoms in total. The molecule has 0 saturated heterocycles. The van der Waals surface area contributed by atoms with Gasteiger partial charge in [0.25, 0.3) is 0 Å². The number of nitriles is 1. The van der Waals surface area contributed by atoms with Crippen LogP contribution in [0.2, 0.25) is 20.4 Å². The molecule has 0 saturated carbocycles. The van der Waals surface area contributed by atoms with E-state index >= 15 is 0 Å². The first kappa shape index (κ1) is 15.4. The third-order valence-electron chi connectivity index (χ3n) is 2.86. The van der Waals surface area contributed by atoms with Crippen molar-refractivity contribution >= 4 is 46.4 Å². The number of aromatic nitrogens is 1. The second kappa shape index (κ2) is 6.20. The van der Waals surface area contributed by atoms with E-state index in [1.807, 2.05) is 31.2 Å². The Bertz CT molecular complexity index is 664. The van der Waals surface area contributed by atoms with Crippen molar-refractivity contribution < 1.29 is 0 Å². The quantitative estimate of drug-likeness (QED) is 0.658. The largest absolute Gasteiger partial charge is 0.221 e. The van der Waals surface area contributed by atoms with Crippen molar-refractivity contribution in [1.29, 1.82) is 5.26 Å². The number of nitrogens with zero attached hydrogens (tertiary/aromatic N) is 2. The van der Waals surface area contributed by atoms with Crippen molar-refractivity contribution in [3.63, 3.8) is 0 Å². The third kappa shape index (κ3) is 2.87. The number of benzene rings is 1. The highest BCUT2D eigenvalue weighted by molar-refractivity contribution is 6.46. The second-order valence-electron chi connectivity index (χ2n) is 4.21. The average molecular weight is 346 g/mol. The molecule has 2 rings (SSSR count). The minimum atomic E-state index is -0.659. The van der Waals surface area contributed by atoms with Crippen LogP contribution in [0.4, 0.5) is 0 Å². The van der Waals surface area contributed by atoms with Gasteiger partial charge in [-0.15, -0.1) is 0 Å². The predicted octanol–water partition coefficient (Wildman–Crippen LogP) is 5.66. The van der Waals surface area contributed by atoms with E-state index < -0.39 is 5.92 Å². The lowest BCUT2D eigenvalue weighted by Crippen LogP contribution is -2.02. The van der Waals surface area contributed by atoms with Crippen LogP contribution in [0.1, 0.15) is 22.6 Å². The van der Waals surface area contributed by atoms with Crippen LogP contribution < -0.4 is 0 Å². The summed E-state index contributed by atoms with van der Waals surface area (Å²) in [5, 5.41) is 9.81. The van der Waals surface area contributed by atoms with E-state index in [0.29, 0.717) is 5.56 Å². The molecule has 20 heavy (non-hydrogen) atoms. The molecule has 0 aliphatic carbocycles. The van der Waals surface area contributed by atoms with Crippen molar-refractivity contribution in [1.82, 2.24) is 4.98 Å². The van der Waals surface area contributed by atoms with Crippen molar-refractivity contribution in [2.24, 2.45) is 0 Å². The lowest BCUT2D eigenvalue weighted by atomic mass is 9.92. The molecule has 2 aromatic rings. The summed E-state index contributed by atoms with van der Waals surface area (Å²) < 4.78 is 0. The lowest BCUT2D eigenvalue weighted by Gasteiger charge is -2.15. The van der Waals surface area contributed by atoms with E-state index in [0.717, 1.165) is 11.1 Å². The van der Waals surface area contributed by atoms with Gasteiger partial charge in [0.15, 0.2) is 0 Å². The molecule has 0 radical (unpaired) electrons. The Morgan fingerprint density at radius 3 is 1.95 bits per heavy atom. The molecule has 0 amide bonds. The lowest BCUT2D eigenvalue weighted by molar-refractivity contribution is 1.03. The molecular weight excluding hydrogens is 338 g/mol. The monoisotopic (exact) mass is 344 g/mol. The van der Waals surface area contributed by atoms with Crippen LogP contribution in [-0.2, 0) is 0 Å². The van der Waals surface area contributed by atoms with Gasteiger partial charge in [0.1, 0.15) is 10.3 Å². The molecule has 0 N–H and O–H groups in total. The zero-order valence-corrected chi connectivity index (χ0v) is 13.3. The van der Waals surface area contributed by atoms with Crippen LogP contribution in [0.15, 0.2) is 24.3 Å². The van der Waals surface area contributed by atoms with Crippen molar-refractivity contribution in [3.8, 4) is 6.07 Å². The van der Waals surface area contributed by atoms with E-state index in [1.165, 1.54) is 0 Å². The van der Waals surface area contributed by atoms with Gasteiger partial charge in [0.2, 0.25) is 0 Å². The van der Waals surface area contributed by atoms with Gasteiger partial charge in [0.05, 0.1) is 22.0 Å².